The number of rotatable bonds is 3. The highest BCUT2D eigenvalue weighted by atomic mass is 19.3. The van der Waals surface area contributed by atoms with Crippen molar-refractivity contribution >= 4 is 5.69 Å². The van der Waals surface area contributed by atoms with Crippen LogP contribution in [0, 0.1) is 5.82 Å². The zero-order valence-corrected chi connectivity index (χ0v) is 8.47. The molecular weight excluding hydrogens is 207 g/mol. The lowest BCUT2D eigenvalue weighted by Gasteiger charge is -2.22. The van der Waals surface area contributed by atoms with Crippen molar-refractivity contribution in [2.24, 2.45) is 0 Å². The van der Waals surface area contributed by atoms with Crippen molar-refractivity contribution in [2.45, 2.75) is 5.92 Å². The summed E-state index contributed by atoms with van der Waals surface area (Å²) in [5, 5.41) is 8.56. The van der Waals surface area contributed by atoms with Crippen molar-refractivity contribution in [1.82, 2.24) is 0 Å². The van der Waals surface area contributed by atoms with E-state index in [1.54, 1.807) is 0 Å². The average Bonchev–Trinajstić information content (AvgIpc) is 2.17. The Balaban J connectivity index is 3.29. The van der Waals surface area contributed by atoms with Crippen LogP contribution >= 0.6 is 0 Å². The van der Waals surface area contributed by atoms with E-state index in [4.69, 9.17) is 5.11 Å². The van der Waals surface area contributed by atoms with Gasteiger partial charge in [0.05, 0.1) is 0 Å². The van der Waals surface area contributed by atoms with Crippen molar-refractivity contribution in [3.63, 3.8) is 0 Å². The van der Waals surface area contributed by atoms with Gasteiger partial charge < -0.3 is 10.0 Å². The zero-order chi connectivity index (χ0) is 11.6. The van der Waals surface area contributed by atoms with Crippen LogP contribution in [0.4, 0.5) is 18.9 Å². The van der Waals surface area contributed by atoms with E-state index in [9.17, 15) is 13.2 Å². The summed E-state index contributed by atoms with van der Waals surface area (Å²) in [5.74, 6) is -3.94. The van der Waals surface area contributed by atoms with Crippen molar-refractivity contribution < 1.29 is 18.3 Å². The summed E-state index contributed by atoms with van der Waals surface area (Å²) >= 11 is 0. The fourth-order valence-corrected chi connectivity index (χ4v) is 1.27. The molecule has 0 aliphatic heterocycles. The Kier molecular flexibility index (Phi) is 3.24. The number of benzene rings is 1. The molecule has 15 heavy (non-hydrogen) atoms. The molecule has 0 unspecified atom stereocenters. The Morgan fingerprint density at radius 1 is 1.33 bits per heavy atom. The van der Waals surface area contributed by atoms with Gasteiger partial charge in [-0.15, -0.1) is 0 Å². The van der Waals surface area contributed by atoms with Gasteiger partial charge in [-0.2, -0.15) is 8.78 Å². The molecule has 1 rings (SSSR count). The molecule has 0 spiro atoms. The molecule has 84 valence electrons. The van der Waals surface area contributed by atoms with Gasteiger partial charge in [-0.05, 0) is 18.2 Å². The van der Waals surface area contributed by atoms with Crippen LogP contribution in [-0.4, -0.2) is 25.8 Å². The first-order valence-electron chi connectivity index (χ1n) is 4.34. The lowest BCUT2D eigenvalue weighted by atomic mass is 10.1. The minimum absolute atomic E-state index is 0.0639. The molecule has 0 aliphatic carbocycles. The number of hydrogen-bond acceptors (Lipinski definition) is 2. The second kappa shape index (κ2) is 4.10. The van der Waals surface area contributed by atoms with Crippen molar-refractivity contribution in [1.29, 1.82) is 0 Å². The van der Waals surface area contributed by atoms with Gasteiger partial charge in [0.15, 0.2) is 0 Å². The van der Waals surface area contributed by atoms with E-state index >= 15 is 0 Å². The van der Waals surface area contributed by atoms with Gasteiger partial charge in [-0.25, -0.2) is 4.39 Å². The second-order valence-corrected chi connectivity index (χ2v) is 3.42. The summed E-state index contributed by atoms with van der Waals surface area (Å²) < 4.78 is 39.3. The highest BCUT2D eigenvalue weighted by Gasteiger charge is 2.33. The monoisotopic (exact) mass is 219 g/mol. The van der Waals surface area contributed by atoms with Crippen LogP contribution in [0.15, 0.2) is 18.2 Å². The molecule has 5 heteroatoms. The Hall–Kier alpha value is -1.23. The minimum Gasteiger partial charge on any atom is -0.390 e. The number of aliphatic hydroxyl groups is 1. The molecule has 0 saturated heterocycles. The molecule has 0 fully saturated rings. The molecular formula is C10H12F3NO. The summed E-state index contributed by atoms with van der Waals surface area (Å²) in [6.07, 6.45) is 0. The van der Waals surface area contributed by atoms with Crippen LogP contribution in [0.1, 0.15) is 5.56 Å². The third-order valence-electron chi connectivity index (χ3n) is 2.03. The minimum atomic E-state index is -3.35. The number of hydrogen-bond donors (Lipinski definition) is 1. The first kappa shape index (κ1) is 11.8. The van der Waals surface area contributed by atoms with Crippen LogP contribution in [0.25, 0.3) is 0 Å². The number of anilines is 1. The van der Waals surface area contributed by atoms with E-state index in [0.29, 0.717) is 0 Å². The third-order valence-corrected chi connectivity index (χ3v) is 2.03. The van der Waals surface area contributed by atoms with Gasteiger partial charge in [0, 0.05) is 25.3 Å². The standard InChI is InChI=1S/C10H12F3NO/c1-14(2)9-5-7(11)3-4-8(9)10(12,13)6-15/h3-5,15H,6H2,1-2H3. The van der Waals surface area contributed by atoms with Crippen LogP contribution < -0.4 is 4.90 Å². The van der Waals surface area contributed by atoms with Crippen LogP contribution in [-0.2, 0) is 5.92 Å². The summed E-state index contributed by atoms with van der Waals surface area (Å²) in [4.78, 5) is 1.38. The molecule has 0 radical (unpaired) electrons. The number of aliphatic hydroxyl groups excluding tert-OH is 1. The topological polar surface area (TPSA) is 23.5 Å². The van der Waals surface area contributed by atoms with Gasteiger partial charge in [-0.3, -0.25) is 0 Å². The number of halogens is 3. The van der Waals surface area contributed by atoms with E-state index in [0.717, 1.165) is 18.2 Å². The van der Waals surface area contributed by atoms with Crippen LogP contribution in [0.3, 0.4) is 0 Å². The fourth-order valence-electron chi connectivity index (χ4n) is 1.27. The Morgan fingerprint density at radius 3 is 2.40 bits per heavy atom. The first-order chi connectivity index (χ1) is 6.88. The third kappa shape index (κ3) is 2.41. The molecule has 1 aromatic rings. The average molecular weight is 219 g/mol. The largest absolute Gasteiger partial charge is 0.390 e. The Labute approximate surface area is 85.9 Å². The quantitative estimate of drug-likeness (QED) is 0.840. The maximum atomic E-state index is 13.2. The molecule has 0 amide bonds. The molecule has 2 nitrogen and oxygen atoms in total. The summed E-state index contributed by atoms with van der Waals surface area (Å²) in [5.41, 5.74) is -0.314. The summed E-state index contributed by atoms with van der Waals surface area (Å²) in [6, 6.07) is 2.95. The summed E-state index contributed by atoms with van der Waals surface area (Å²) in [7, 11) is 3.07. The van der Waals surface area contributed by atoms with Crippen molar-refractivity contribution in [2.75, 3.05) is 25.6 Å². The highest BCUT2D eigenvalue weighted by molar-refractivity contribution is 5.54. The molecule has 0 aromatic heterocycles. The van der Waals surface area contributed by atoms with E-state index < -0.39 is 18.3 Å². The Bertz CT molecular complexity index is 353. The Morgan fingerprint density at radius 2 is 1.93 bits per heavy atom. The normalized spacial score (nSPS) is 11.6. The fraction of sp³-hybridized carbons (Fsp3) is 0.400. The number of alkyl halides is 2. The molecule has 0 saturated carbocycles. The smallest absolute Gasteiger partial charge is 0.297 e. The van der Waals surface area contributed by atoms with Crippen molar-refractivity contribution in [3.8, 4) is 0 Å². The molecule has 0 aliphatic rings. The predicted molar refractivity (Wildman–Crippen MR) is 51.7 cm³/mol. The summed E-state index contributed by atoms with van der Waals surface area (Å²) in [6.45, 7) is -1.29. The van der Waals surface area contributed by atoms with Crippen LogP contribution in [0.5, 0.6) is 0 Å². The lowest BCUT2D eigenvalue weighted by Crippen LogP contribution is -2.23. The van der Waals surface area contributed by atoms with E-state index in [1.807, 2.05) is 0 Å². The van der Waals surface area contributed by atoms with Crippen molar-refractivity contribution in [3.05, 3.63) is 29.6 Å². The van der Waals surface area contributed by atoms with E-state index in [-0.39, 0.29) is 11.3 Å². The lowest BCUT2D eigenvalue weighted by molar-refractivity contribution is -0.0551. The van der Waals surface area contributed by atoms with Gasteiger partial charge in [0.1, 0.15) is 12.4 Å². The first-order valence-corrected chi connectivity index (χ1v) is 4.34. The van der Waals surface area contributed by atoms with E-state index in [2.05, 4.69) is 0 Å². The molecule has 0 heterocycles. The molecule has 1 aromatic carbocycles. The highest BCUT2D eigenvalue weighted by Crippen LogP contribution is 2.34. The second-order valence-electron chi connectivity index (χ2n) is 3.42. The SMILES string of the molecule is CN(C)c1cc(F)ccc1C(F)(F)CO. The molecule has 0 atom stereocenters. The number of nitrogens with zero attached hydrogens (tertiary/aromatic N) is 1. The maximum absolute atomic E-state index is 13.2. The molecule has 1 N–H and O–H groups in total. The van der Waals surface area contributed by atoms with Gasteiger partial charge in [-0.1, -0.05) is 0 Å². The maximum Gasteiger partial charge on any atom is 0.297 e. The van der Waals surface area contributed by atoms with Gasteiger partial charge in [0.2, 0.25) is 0 Å². The van der Waals surface area contributed by atoms with E-state index in [1.165, 1.54) is 19.0 Å². The van der Waals surface area contributed by atoms with Gasteiger partial charge in [0.25, 0.3) is 5.92 Å². The van der Waals surface area contributed by atoms with Crippen LogP contribution in [0.2, 0.25) is 0 Å². The zero-order valence-electron chi connectivity index (χ0n) is 8.47. The molecule has 0 bridgehead atoms. The van der Waals surface area contributed by atoms with Gasteiger partial charge >= 0.3 is 0 Å². The predicted octanol–water partition coefficient (Wildman–Crippen LogP) is 1.98.